The predicted octanol–water partition coefficient (Wildman–Crippen LogP) is 2.10. The summed E-state index contributed by atoms with van der Waals surface area (Å²) in [4.78, 5) is 15.9. The van der Waals surface area contributed by atoms with E-state index in [1.165, 1.54) is 35.0 Å². The van der Waals surface area contributed by atoms with Crippen LogP contribution < -0.4 is 5.56 Å². The van der Waals surface area contributed by atoms with Crippen LogP contribution in [0.4, 0.5) is 13.2 Å². The van der Waals surface area contributed by atoms with Crippen molar-refractivity contribution < 1.29 is 21.6 Å². The lowest BCUT2D eigenvalue weighted by atomic mass is 10.1. The molecule has 3 aromatic rings. The molecule has 0 saturated heterocycles. The normalized spacial score (nSPS) is 12.3. The van der Waals surface area contributed by atoms with Gasteiger partial charge in [-0.05, 0) is 23.8 Å². The molecule has 1 N–H and O–H groups in total. The first-order valence-corrected chi connectivity index (χ1v) is 9.42. The minimum Gasteiger partial charge on any atom is -0.310 e. The average molecular weight is 398 g/mol. The van der Waals surface area contributed by atoms with Gasteiger partial charge in [-0.25, -0.2) is 13.5 Å². The number of sulfone groups is 1. The van der Waals surface area contributed by atoms with E-state index < -0.39 is 21.6 Å². The van der Waals surface area contributed by atoms with E-state index in [0.29, 0.717) is 11.1 Å². The Bertz CT molecular complexity index is 1130. The number of nitrogens with zero attached hydrogens (tertiary/aromatic N) is 3. The number of aromatic amines is 1. The van der Waals surface area contributed by atoms with Gasteiger partial charge in [-0.15, -0.1) is 0 Å². The van der Waals surface area contributed by atoms with Crippen molar-refractivity contribution in [3.05, 3.63) is 64.1 Å². The number of benzene rings is 1. The quantitative estimate of drug-likeness (QED) is 0.726. The highest BCUT2D eigenvalue weighted by Gasteiger charge is 2.29. The summed E-state index contributed by atoms with van der Waals surface area (Å²) in [7, 11) is -3.56. The Morgan fingerprint density at radius 3 is 2.33 bits per heavy atom. The first-order chi connectivity index (χ1) is 12.5. The molecule has 0 bridgehead atoms. The summed E-state index contributed by atoms with van der Waals surface area (Å²) in [6, 6.07) is 7.14. The molecule has 0 unspecified atom stereocenters. The fourth-order valence-electron chi connectivity index (χ4n) is 2.32. The fourth-order valence-corrected chi connectivity index (χ4v) is 2.79. The Kier molecular flexibility index (Phi) is 4.64. The Morgan fingerprint density at radius 2 is 1.78 bits per heavy atom. The van der Waals surface area contributed by atoms with Crippen LogP contribution in [0.25, 0.3) is 11.4 Å². The number of alkyl halides is 3. The van der Waals surface area contributed by atoms with E-state index in [0.717, 1.165) is 18.4 Å². The first-order valence-electron chi connectivity index (χ1n) is 7.53. The third kappa shape index (κ3) is 4.25. The largest absolute Gasteiger partial charge is 0.416 e. The SMILES string of the molecule is CS(=O)(=O)c1nc(-c2ccc(=O)n(Cc3ccc(C(F)(F)F)cc3)c2)n[nH]1. The second-order valence-corrected chi connectivity index (χ2v) is 7.75. The Labute approximate surface area is 151 Å². The molecular formula is C16H13F3N4O3S. The maximum atomic E-state index is 12.6. The van der Waals surface area contributed by atoms with Gasteiger partial charge in [0.1, 0.15) is 0 Å². The number of hydrogen-bond acceptors (Lipinski definition) is 5. The van der Waals surface area contributed by atoms with E-state index in [1.54, 1.807) is 0 Å². The molecule has 3 rings (SSSR count). The third-order valence-electron chi connectivity index (χ3n) is 3.69. The van der Waals surface area contributed by atoms with Crippen molar-refractivity contribution >= 4 is 9.84 Å². The van der Waals surface area contributed by atoms with E-state index in [1.807, 2.05) is 0 Å². The van der Waals surface area contributed by atoms with Crippen molar-refractivity contribution in [2.75, 3.05) is 6.26 Å². The maximum Gasteiger partial charge on any atom is 0.416 e. The topological polar surface area (TPSA) is 97.7 Å². The summed E-state index contributed by atoms with van der Waals surface area (Å²) < 4.78 is 62.1. The zero-order valence-electron chi connectivity index (χ0n) is 13.9. The Hall–Kier alpha value is -2.95. The number of pyridine rings is 1. The molecule has 0 amide bonds. The third-order valence-corrected chi connectivity index (χ3v) is 4.58. The van der Waals surface area contributed by atoms with Gasteiger partial charge in [0.25, 0.3) is 5.56 Å². The van der Waals surface area contributed by atoms with Crippen molar-refractivity contribution in [1.29, 1.82) is 0 Å². The first kappa shape index (κ1) is 18.8. The van der Waals surface area contributed by atoms with E-state index in [-0.39, 0.29) is 23.1 Å². The van der Waals surface area contributed by atoms with Crippen molar-refractivity contribution in [2.24, 2.45) is 0 Å². The molecule has 0 aliphatic rings. The number of H-pyrrole nitrogens is 1. The lowest BCUT2D eigenvalue weighted by Crippen LogP contribution is -2.19. The second kappa shape index (κ2) is 6.65. The van der Waals surface area contributed by atoms with Gasteiger partial charge >= 0.3 is 6.18 Å². The van der Waals surface area contributed by atoms with Crippen molar-refractivity contribution in [3.8, 4) is 11.4 Å². The minimum atomic E-state index is -4.43. The number of rotatable bonds is 4. The van der Waals surface area contributed by atoms with Gasteiger partial charge in [0.05, 0.1) is 12.1 Å². The standard InChI is InChI=1S/C16H13F3N4O3S/c1-27(25,26)15-20-14(21-22-15)11-4-7-13(24)23(9-11)8-10-2-5-12(6-3-10)16(17,18)19/h2-7,9H,8H2,1H3,(H,20,21,22). The molecule has 0 spiro atoms. The van der Waals surface area contributed by atoms with E-state index >= 15 is 0 Å². The molecule has 2 heterocycles. The van der Waals surface area contributed by atoms with Gasteiger partial charge in [-0.2, -0.15) is 23.3 Å². The smallest absolute Gasteiger partial charge is 0.310 e. The summed E-state index contributed by atoms with van der Waals surface area (Å²) in [5.74, 6) is 0.0802. The van der Waals surface area contributed by atoms with Crippen LogP contribution in [-0.4, -0.2) is 34.4 Å². The van der Waals surface area contributed by atoms with Crippen LogP contribution in [0, 0.1) is 0 Å². The van der Waals surface area contributed by atoms with Crippen molar-refractivity contribution in [2.45, 2.75) is 17.9 Å². The molecule has 2 aromatic heterocycles. The molecule has 0 saturated carbocycles. The number of nitrogens with one attached hydrogen (secondary N) is 1. The number of aromatic nitrogens is 4. The monoisotopic (exact) mass is 398 g/mol. The predicted molar refractivity (Wildman–Crippen MR) is 89.7 cm³/mol. The molecule has 0 fully saturated rings. The highest BCUT2D eigenvalue weighted by atomic mass is 32.2. The van der Waals surface area contributed by atoms with E-state index in [2.05, 4.69) is 15.2 Å². The zero-order chi connectivity index (χ0) is 19.8. The van der Waals surface area contributed by atoms with Crippen LogP contribution in [0.1, 0.15) is 11.1 Å². The average Bonchev–Trinajstić information content (AvgIpc) is 3.07. The maximum absolute atomic E-state index is 12.6. The summed E-state index contributed by atoms with van der Waals surface area (Å²) in [5, 5.41) is 5.81. The summed E-state index contributed by atoms with van der Waals surface area (Å²) >= 11 is 0. The van der Waals surface area contributed by atoms with E-state index in [4.69, 9.17) is 0 Å². The molecule has 11 heteroatoms. The summed E-state index contributed by atoms with van der Waals surface area (Å²) in [5.41, 5.74) is -0.277. The van der Waals surface area contributed by atoms with Crippen LogP contribution in [0.5, 0.6) is 0 Å². The molecule has 0 aliphatic carbocycles. The second-order valence-electron chi connectivity index (χ2n) is 5.81. The summed E-state index contributed by atoms with van der Waals surface area (Å²) in [6.45, 7) is 0.0359. The molecular weight excluding hydrogens is 385 g/mol. The lowest BCUT2D eigenvalue weighted by Gasteiger charge is -2.09. The highest BCUT2D eigenvalue weighted by Crippen LogP contribution is 2.29. The molecule has 1 aromatic carbocycles. The molecule has 142 valence electrons. The van der Waals surface area contributed by atoms with Gasteiger partial charge in [0, 0.05) is 24.1 Å². The van der Waals surface area contributed by atoms with Crippen LogP contribution in [0.3, 0.4) is 0 Å². The van der Waals surface area contributed by atoms with Crippen LogP contribution in [0.2, 0.25) is 0 Å². The Morgan fingerprint density at radius 1 is 1.11 bits per heavy atom. The molecule has 0 radical (unpaired) electrons. The van der Waals surface area contributed by atoms with Crippen molar-refractivity contribution in [1.82, 2.24) is 19.7 Å². The van der Waals surface area contributed by atoms with Crippen molar-refractivity contribution in [3.63, 3.8) is 0 Å². The highest BCUT2D eigenvalue weighted by molar-refractivity contribution is 7.90. The van der Waals surface area contributed by atoms with Gasteiger partial charge < -0.3 is 4.57 Å². The fraction of sp³-hybridized carbons (Fsp3) is 0.188. The number of hydrogen-bond donors (Lipinski definition) is 1. The van der Waals surface area contributed by atoms with Crippen LogP contribution in [0.15, 0.2) is 52.5 Å². The van der Waals surface area contributed by atoms with E-state index in [9.17, 15) is 26.4 Å². The lowest BCUT2D eigenvalue weighted by molar-refractivity contribution is -0.137. The van der Waals surface area contributed by atoms with Gasteiger partial charge in [-0.1, -0.05) is 12.1 Å². The van der Waals surface area contributed by atoms with Crippen LogP contribution >= 0.6 is 0 Å². The number of halogens is 3. The Balaban J connectivity index is 1.90. The van der Waals surface area contributed by atoms with Gasteiger partial charge in [0.2, 0.25) is 15.0 Å². The van der Waals surface area contributed by atoms with Gasteiger partial charge in [0.15, 0.2) is 5.82 Å². The molecule has 0 aliphatic heterocycles. The zero-order valence-corrected chi connectivity index (χ0v) is 14.7. The summed E-state index contributed by atoms with van der Waals surface area (Å²) in [6.07, 6.45) is -2.05. The minimum absolute atomic E-state index is 0.0359. The molecule has 0 atom stereocenters. The molecule has 7 nitrogen and oxygen atoms in total. The van der Waals surface area contributed by atoms with Crippen LogP contribution in [-0.2, 0) is 22.6 Å². The molecule has 27 heavy (non-hydrogen) atoms. The van der Waals surface area contributed by atoms with Gasteiger partial charge in [-0.3, -0.25) is 4.79 Å².